The average molecular weight is 290 g/mol. The predicted octanol–water partition coefficient (Wildman–Crippen LogP) is 4.23. The van der Waals surface area contributed by atoms with E-state index in [4.69, 9.17) is 10.5 Å². The molecule has 0 saturated heterocycles. The lowest BCUT2D eigenvalue weighted by molar-refractivity contribution is 0.461. The average Bonchev–Trinajstić information content (AvgIpc) is 2.56. The van der Waals surface area contributed by atoms with Gasteiger partial charge in [0.1, 0.15) is 5.75 Å². The van der Waals surface area contributed by atoms with E-state index in [0.717, 1.165) is 22.6 Å². The second-order valence-corrected chi connectivity index (χ2v) is 5.13. The standard InChI is InChI=1S/C19H18N2O/c1-14-17(19(20)15-8-4-2-5-9-15)12-13-18(21-14)22-16-10-6-3-7-11-16/h2-13,19H,20H2,1H3. The van der Waals surface area contributed by atoms with Crippen LogP contribution in [0.2, 0.25) is 0 Å². The Bertz CT molecular complexity index is 742. The minimum absolute atomic E-state index is 0.181. The highest BCUT2D eigenvalue weighted by atomic mass is 16.5. The van der Waals surface area contributed by atoms with Crippen molar-refractivity contribution >= 4 is 0 Å². The number of nitrogens with two attached hydrogens (primary N) is 1. The number of aryl methyl sites for hydroxylation is 1. The lowest BCUT2D eigenvalue weighted by Gasteiger charge is -2.15. The maximum atomic E-state index is 6.34. The van der Waals surface area contributed by atoms with Crippen LogP contribution in [0.4, 0.5) is 0 Å². The fourth-order valence-corrected chi connectivity index (χ4v) is 2.38. The molecule has 2 N–H and O–H groups in total. The van der Waals surface area contributed by atoms with Crippen LogP contribution in [0, 0.1) is 6.92 Å². The summed E-state index contributed by atoms with van der Waals surface area (Å²) in [6.07, 6.45) is 0. The Morgan fingerprint density at radius 3 is 2.14 bits per heavy atom. The molecule has 1 atom stereocenters. The molecule has 1 heterocycles. The highest BCUT2D eigenvalue weighted by Crippen LogP contribution is 2.25. The molecule has 0 bridgehead atoms. The number of aromatic nitrogens is 1. The SMILES string of the molecule is Cc1nc(Oc2ccccc2)ccc1C(N)c1ccccc1. The van der Waals surface area contributed by atoms with E-state index < -0.39 is 0 Å². The second-order valence-electron chi connectivity index (χ2n) is 5.13. The third-order valence-electron chi connectivity index (χ3n) is 3.56. The Kier molecular flexibility index (Phi) is 4.17. The van der Waals surface area contributed by atoms with Crippen LogP contribution < -0.4 is 10.5 Å². The molecule has 1 unspecified atom stereocenters. The zero-order valence-electron chi connectivity index (χ0n) is 12.4. The van der Waals surface area contributed by atoms with E-state index in [2.05, 4.69) is 4.98 Å². The van der Waals surface area contributed by atoms with E-state index in [1.54, 1.807) is 0 Å². The molecule has 0 saturated carbocycles. The summed E-state index contributed by atoms with van der Waals surface area (Å²) in [5.41, 5.74) is 9.30. The summed E-state index contributed by atoms with van der Waals surface area (Å²) < 4.78 is 5.75. The number of pyridine rings is 1. The van der Waals surface area contributed by atoms with Gasteiger partial charge in [-0.1, -0.05) is 48.5 Å². The zero-order chi connectivity index (χ0) is 15.4. The first-order chi connectivity index (χ1) is 10.7. The minimum Gasteiger partial charge on any atom is -0.439 e. The highest BCUT2D eigenvalue weighted by Gasteiger charge is 2.13. The third kappa shape index (κ3) is 3.15. The number of ether oxygens (including phenoxy) is 1. The van der Waals surface area contributed by atoms with Gasteiger partial charge < -0.3 is 10.5 Å². The lowest BCUT2D eigenvalue weighted by Crippen LogP contribution is -2.13. The third-order valence-corrected chi connectivity index (χ3v) is 3.56. The van der Waals surface area contributed by atoms with Crippen LogP contribution >= 0.6 is 0 Å². The van der Waals surface area contributed by atoms with Crippen molar-refractivity contribution in [1.82, 2.24) is 4.98 Å². The molecular formula is C19H18N2O. The summed E-state index contributed by atoms with van der Waals surface area (Å²) in [6.45, 7) is 1.95. The molecule has 3 rings (SSSR count). The van der Waals surface area contributed by atoms with Crippen molar-refractivity contribution in [2.75, 3.05) is 0 Å². The number of nitrogens with zero attached hydrogens (tertiary/aromatic N) is 1. The fourth-order valence-electron chi connectivity index (χ4n) is 2.38. The monoisotopic (exact) mass is 290 g/mol. The Labute approximate surface area is 130 Å². The first-order valence-corrected chi connectivity index (χ1v) is 7.25. The summed E-state index contributed by atoms with van der Waals surface area (Å²) in [4.78, 5) is 4.51. The number of benzene rings is 2. The van der Waals surface area contributed by atoms with Crippen molar-refractivity contribution in [2.45, 2.75) is 13.0 Å². The van der Waals surface area contributed by atoms with Gasteiger partial charge in [-0.15, -0.1) is 0 Å². The molecule has 3 nitrogen and oxygen atoms in total. The zero-order valence-corrected chi connectivity index (χ0v) is 12.4. The van der Waals surface area contributed by atoms with Crippen molar-refractivity contribution < 1.29 is 4.74 Å². The van der Waals surface area contributed by atoms with Gasteiger partial charge in [-0.25, -0.2) is 4.98 Å². The van der Waals surface area contributed by atoms with Crippen LogP contribution in [0.25, 0.3) is 0 Å². The van der Waals surface area contributed by atoms with Crippen LogP contribution in [-0.4, -0.2) is 4.98 Å². The van der Waals surface area contributed by atoms with Gasteiger partial charge in [0.15, 0.2) is 0 Å². The fraction of sp³-hybridized carbons (Fsp3) is 0.105. The van der Waals surface area contributed by atoms with Gasteiger partial charge >= 0.3 is 0 Å². The van der Waals surface area contributed by atoms with Gasteiger partial charge in [-0.2, -0.15) is 0 Å². The molecule has 0 spiro atoms. The minimum atomic E-state index is -0.181. The summed E-state index contributed by atoms with van der Waals surface area (Å²) in [5, 5.41) is 0. The van der Waals surface area contributed by atoms with Gasteiger partial charge in [-0.3, -0.25) is 0 Å². The molecule has 0 amide bonds. The maximum Gasteiger partial charge on any atom is 0.219 e. The summed E-state index contributed by atoms with van der Waals surface area (Å²) in [5.74, 6) is 1.35. The number of hydrogen-bond acceptors (Lipinski definition) is 3. The van der Waals surface area contributed by atoms with Crippen molar-refractivity contribution in [2.24, 2.45) is 5.73 Å². The largest absolute Gasteiger partial charge is 0.439 e. The number of hydrogen-bond donors (Lipinski definition) is 1. The van der Waals surface area contributed by atoms with Crippen molar-refractivity contribution in [3.8, 4) is 11.6 Å². The smallest absolute Gasteiger partial charge is 0.219 e. The number of rotatable bonds is 4. The van der Waals surface area contributed by atoms with Crippen LogP contribution in [0.3, 0.4) is 0 Å². The molecule has 3 aromatic rings. The second kappa shape index (κ2) is 6.41. The molecule has 0 aliphatic rings. The van der Waals surface area contributed by atoms with Crippen molar-refractivity contribution in [3.63, 3.8) is 0 Å². The van der Waals surface area contributed by atoms with Gasteiger partial charge in [-0.05, 0) is 36.2 Å². The molecule has 110 valence electrons. The lowest BCUT2D eigenvalue weighted by atomic mass is 9.99. The van der Waals surface area contributed by atoms with Gasteiger partial charge in [0.2, 0.25) is 5.88 Å². The van der Waals surface area contributed by atoms with Crippen molar-refractivity contribution in [3.05, 3.63) is 89.6 Å². The summed E-state index contributed by atoms with van der Waals surface area (Å²) in [6, 6.07) is 23.3. The van der Waals surface area contributed by atoms with Crippen LogP contribution in [0.5, 0.6) is 11.6 Å². The van der Waals surface area contributed by atoms with E-state index in [9.17, 15) is 0 Å². The first kappa shape index (κ1) is 14.3. The Morgan fingerprint density at radius 1 is 0.864 bits per heavy atom. The predicted molar refractivity (Wildman–Crippen MR) is 88.0 cm³/mol. The molecule has 2 aromatic carbocycles. The van der Waals surface area contributed by atoms with Gasteiger partial charge in [0.25, 0.3) is 0 Å². The Morgan fingerprint density at radius 2 is 1.50 bits per heavy atom. The van der Waals surface area contributed by atoms with E-state index >= 15 is 0 Å². The topological polar surface area (TPSA) is 48.1 Å². The van der Waals surface area contributed by atoms with Gasteiger partial charge in [0.05, 0.1) is 6.04 Å². The van der Waals surface area contributed by atoms with Crippen LogP contribution in [0.15, 0.2) is 72.8 Å². The summed E-state index contributed by atoms with van der Waals surface area (Å²) in [7, 11) is 0. The first-order valence-electron chi connectivity index (χ1n) is 7.25. The normalized spacial score (nSPS) is 11.9. The van der Waals surface area contributed by atoms with Crippen LogP contribution in [-0.2, 0) is 0 Å². The van der Waals surface area contributed by atoms with Crippen molar-refractivity contribution in [1.29, 1.82) is 0 Å². The van der Waals surface area contributed by atoms with E-state index in [-0.39, 0.29) is 6.04 Å². The molecule has 0 fully saturated rings. The van der Waals surface area contributed by atoms with E-state index in [0.29, 0.717) is 5.88 Å². The van der Waals surface area contributed by atoms with Crippen LogP contribution in [0.1, 0.15) is 22.9 Å². The molecule has 1 aromatic heterocycles. The van der Waals surface area contributed by atoms with E-state index in [1.165, 1.54) is 0 Å². The Hall–Kier alpha value is -2.65. The van der Waals surface area contributed by atoms with Gasteiger partial charge in [0, 0.05) is 11.8 Å². The molecule has 0 aliphatic carbocycles. The molecule has 0 aliphatic heterocycles. The molecule has 3 heteroatoms. The summed E-state index contributed by atoms with van der Waals surface area (Å²) >= 11 is 0. The maximum absolute atomic E-state index is 6.34. The number of para-hydroxylation sites is 1. The Balaban J connectivity index is 1.83. The quantitative estimate of drug-likeness (QED) is 0.782. The van der Waals surface area contributed by atoms with E-state index in [1.807, 2.05) is 79.7 Å². The molecule has 0 radical (unpaired) electrons. The highest BCUT2D eigenvalue weighted by molar-refractivity contribution is 5.36. The molecular weight excluding hydrogens is 272 g/mol. The molecule has 22 heavy (non-hydrogen) atoms.